The summed E-state index contributed by atoms with van der Waals surface area (Å²) in [6.07, 6.45) is 2.61. The van der Waals surface area contributed by atoms with E-state index in [0.717, 1.165) is 35.1 Å². The predicted octanol–water partition coefficient (Wildman–Crippen LogP) is 4.41. The van der Waals surface area contributed by atoms with Crippen molar-refractivity contribution in [3.63, 3.8) is 0 Å². The van der Waals surface area contributed by atoms with Gasteiger partial charge in [-0.05, 0) is 36.2 Å². The van der Waals surface area contributed by atoms with Crippen molar-refractivity contribution in [2.24, 2.45) is 0 Å². The maximum atomic E-state index is 5.90. The van der Waals surface area contributed by atoms with E-state index >= 15 is 0 Å². The van der Waals surface area contributed by atoms with Crippen molar-refractivity contribution in [3.8, 4) is 5.75 Å². The Balaban J connectivity index is 1.53. The Kier molecular flexibility index (Phi) is 6.28. The summed E-state index contributed by atoms with van der Waals surface area (Å²) in [6.45, 7) is 1.38. The molecule has 6 heteroatoms. The van der Waals surface area contributed by atoms with Crippen LogP contribution in [-0.4, -0.2) is 23.6 Å². The van der Waals surface area contributed by atoms with E-state index in [-0.39, 0.29) is 0 Å². The first-order valence-electron chi connectivity index (χ1n) is 8.42. The highest BCUT2D eigenvalue weighted by Crippen LogP contribution is 2.18. The monoisotopic (exact) mass is 368 g/mol. The molecule has 1 aromatic heterocycles. The van der Waals surface area contributed by atoms with Crippen molar-refractivity contribution in [3.05, 3.63) is 76.9 Å². The molecule has 0 radical (unpaired) electrons. The number of methoxy groups -OCH3 is 1. The van der Waals surface area contributed by atoms with Crippen LogP contribution in [-0.2, 0) is 13.0 Å². The van der Waals surface area contributed by atoms with Crippen molar-refractivity contribution in [2.45, 2.75) is 13.0 Å². The van der Waals surface area contributed by atoms with Crippen molar-refractivity contribution in [2.75, 3.05) is 24.3 Å². The average molecular weight is 369 g/mol. The third-order valence-corrected chi connectivity index (χ3v) is 4.17. The van der Waals surface area contributed by atoms with Gasteiger partial charge in [-0.3, -0.25) is 0 Å². The third-order valence-electron chi connectivity index (χ3n) is 3.92. The molecule has 134 valence electrons. The SMILES string of the molecule is COc1ccccc1CNc1ccnc(NCCc2ccc(Cl)cc2)n1. The molecule has 0 saturated carbocycles. The van der Waals surface area contributed by atoms with E-state index < -0.39 is 0 Å². The molecule has 2 aromatic carbocycles. The van der Waals surface area contributed by atoms with Gasteiger partial charge >= 0.3 is 0 Å². The highest BCUT2D eigenvalue weighted by atomic mass is 35.5. The lowest BCUT2D eigenvalue weighted by atomic mass is 10.1. The highest BCUT2D eigenvalue weighted by Gasteiger charge is 2.03. The smallest absolute Gasteiger partial charge is 0.224 e. The fraction of sp³-hybridized carbons (Fsp3) is 0.200. The number of hydrogen-bond acceptors (Lipinski definition) is 5. The zero-order valence-corrected chi connectivity index (χ0v) is 15.3. The standard InChI is InChI=1S/C20H21ClN4O/c1-26-18-5-3-2-4-16(18)14-24-19-11-13-23-20(25-19)22-12-10-15-6-8-17(21)9-7-15/h2-9,11,13H,10,12,14H2,1H3,(H2,22,23,24,25). The van der Waals surface area contributed by atoms with E-state index in [1.165, 1.54) is 5.56 Å². The van der Waals surface area contributed by atoms with Gasteiger partial charge in [0.25, 0.3) is 0 Å². The number of aromatic nitrogens is 2. The molecular weight excluding hydrogens is 348 g/mol. The average Bonchev–Trinajstić information content (AvgIpc) is 2.68. The van der Waals surface area contributed by atoms with Crippen molar-refractivity contribution in [1.82, 2.24) is 9.97 Å². The van der Waals surface area contributed by atoms with Gasteiger partial charge in [0.05, 0.1) is 7.11 Å². The van der Waals surface area contributed by atoms with Crippen LogP contribution in [0.15, 0.2) is 60.8 Å². The van der Waals surface area contributed by atoms with Crippen LogP contribution in [0.4, 0.5) is 11.8 Å². The second-order valence-electron chi connectivity index (χ2n) is 5.73. The molecule has 0 bridgehead atoms. The molecule has 0 spiro atoms. The van der Waals surface area contributed by atoms with Crippen LogP contribution >= 0.6 is 11.6 Å². The summed E-state index contributed by atoms with van der Waals surface area (Å²) in [6, 6.07) is 17.6. The summed E-state index contributed by atoms with van der Waals surface area (Å²) in [7, 11) is 1.67. The lowest BCUT2D eigenvalue weighted by Gasteiger charge is -2.11. The minimum atomic E-state index is 0.601. The molecule has 0 atom stereocenters. The van der Waals surface area contributed by atoms with Gasteiger partial charge in [0.1, 0.15) is 11.6 Å². The van der Waals surface area contributed by atoms with Crippen molar-refractivity contribution in [1.29, 1.82) is 0 Å². The van der Waals surface area contributed by atoms with Gasteiger partial charge in [0.15, 0.2) is 0 Å². The van der Waals surface area contributed by atoms with Crippen LogP contribution in [0.1, 0.15) is 11.1 Å². The molecule has 1 heterocycles. The molecule has 0 amide bonds. The Morgan fingerprint density at radius 3 is 2.62 bits per heavy atom. The molecule has 3 rings (SSSR count). The lowest BCUT2D eigenvalue weighted by molar-refractivity contribution is 0.410. The van der Waals surface area contributed by atoms with Gasteiger partial charge in [-0.2, -0.15) is 4.98 Å². The number of benzene rings is 2. The van der Waals surface area contributed by atoms with Gasteiger partial charge in [-0.25, -0.2) is 4.98 Å². The van der Waals surface area contributed by atoms with Crippen LogP contribution in [0.5, 0.6) is 5.75 Å². The normalized spacial score (nSPS) is 10.4. The molecule has 0 aliphatic heterocycles. The minimum absolute atomic E-state index is 0.601. The lowest BCUT2D eigenvalue weighted by Crippen LogP contribution is -2.09. The van der Waals surface area contributed by atoms with E-state index in [9.17, 15) is 0 Å². The van der Waals surface area contributed by atoms with Crippen LogP contribution < -0.4 is 15.4 Å². The summed E-state index contributed by atoms with van der Waals surface area (Å²) in [5.74, 6) is 2.22. The van der Waals surface area contributed by atoms with E-state index in [4.69, 9.17) is 16.3 Å². The summed E-state index contributed by atoms with van der Waals surface area (Å²) in [4.78, 5) is 8.76. The van der Waals surface area contributed by atoms with Gasteiger partial charge in [0, 0.05) is 29.9 Å². The number of hydrogen-bond donors (Lipinski definition) is 2. The fourth-order valence-electron chi connectivity index (χ4n) is 2.55. The predicted molar refractivity (Wildman–Crippen MR) is 106 cm³/mol. The van der Waals surface area contributed by atoms with Gasteiger partial charge in [0.2, 0.25) is 5.95 Å². The highest BCUT2D eigenvalue weighted by molar-refractivity contribution is 6.30. The molecule has 0 saturated heterocycles. The van der Waals surface area contributed by atoms with Crippen molar-refractivity contribution >= 4 is 23.4 Å². The molecule has 0 aliphatic carbocycles. The molecule has 26 heavy (non-hydrogen) atoms. The fourth-order valence-corrected chi connectivity index (χ4v) is 2.67. The topological polar surface area (TPSA) is 59.1 Å². The molecule has 3 aromatic rings. The van der Waals surface area contributed by atoms with E-state index in [1.54, 1.807) is 13.3 Å². The zero-order valence-electron chi connectivity index (χ0n) is 14.6. The Morgan fingerprint density at radius 2 is 1.81 bits per heavy atom. The first-order chi connectivity index (χ1) is 12.7. The Morgan fingerprint density at radius 1 is 1.00 bits per heavy atom. The molecule has 0 aliphatic rings. The molecule has 2 N–H and O–H groups in total. The number of nitrogens with zero attached hydrogens (tertiary/aromatic N) is 2. The van der Waals surface area contributed by atoms with Gasteiger partial charge in [-0.15, -0.1) is 0 Å². The number of nitrogens with one attached hydrogen (secondary N) is 2. The quantitative estimate of drug-likeness (QED) is 0.617. The maximum absolute atomic E-state index is 5.90. The minimum Gasteiger partial charge on any atom is -0.496 e. The zero-order chi connectivity index (χ0) is 18.2. The number of rotatable bonds is 8. The van der Waals surface area contributed by atoms with Crippen LogP contribution in [0.25, 0.3) is 0 Å². The number of halogens is 1. The van der Waals surface area contributed by atoms with Gasteiger partial charge in [-0.1, -0.05) is 41.9 Å². The second kappa shape index (κ2) is 9.06. The largest absolute Gasteiger partial charge is 0.496 e. The first kappa shape index (κ1) is 18.0. The Bertz CT molecular complexity index is 839. The Labute approximate surface area is 158 Å². The summed E-state index contributed by atoms with van der Waals surface area (Å²) < 4.78 is 5.37. The number of anilines is 2. The van der Waals surface area contributed by atoms with Crippen LogP contribution in [0, 0.1) is 0 Å². The Hall–Kier alpha value is -2.79. The first-order valence-corrected chi connectivity index (χ1v) is 8.79. The van der Waals surface area contributed by atoms with E-state index in [0.29, 0.717) is 12.5 Å². The van der Waals surface area contributed by atoms with Crippen LogP contribution in [0.3, 0.4) is 0 Å². The van der Waals surface area contributed by atoms with E-state index in [1.807, 2.05) is 54.6 Å². The number of para-hydroxylation sites is 1. The second-order valence-corrected chi connectivity index (χ2v) is 6.17. The summed E-state index contributed by atoms with van der Waals surface area (Å²) >= 11 is 5.90. The van der Waals surface area contributed by atoms with Crippen LogP contribution in [0.2, 0.25) is 5.02 Å². The molecule has 5 nitrogen and oxygen atoms in total. The molecular formula is C20H21ClN4O. The molecule has 0 fully saturated rings. The van der Waals surface area contributed by atoms with Gasteiger partial charge < -0.3 is 15.4 Å². The maximum Gasteiger partial charge on any atom is 0.224 e. The number of ether oxygens (including phenoxy) is 1. The summed E-state index contributed by atoms with van der Waals surface area (Å²) in [5, 5.41) is 7.30. The third kappa shape index (κ3) is 5.10. The van der Waals surface area contributed by atoms with E-state index in [2.05, 4.69) is 20.6 Å². The van der Waals surface area contributed by atoms with Crippen molar-refractivity contribution < 1.29 is 4.74 Å². The summed E-state index contributed by atoms with van der Waals surface area (Å²) in [5.41, 5.74) is 2.29. The molecule has 0 unspecified atom stereocenters.